The Morgan fingerprint density at radius 1 is 0.943 bits per heavy atom. The van der Waals surface area contributed by atoms with E-state index in [4.69, 9.17) is 4.74 Å². The molecule has 0 radical (unpaired) electrons. The number of benzene rings is 3. The van der Waals surface area contributed by atoms with Crippen molar-refractivity contribution in [3.8, 4) is 5.75 Å². The molecule has 0 aliphatic heterocycles. The molecular formula is C26H29N3O5S. The van der Waals surface area contributed by atoms with Crippen LogP contribution >= 0.6 is 0 Å². The zero-order chi connectivity index (χ0) is 25.6. The molecule has 1 atom stereocenters. The number of hydrogen-bond donors (Lipinski definition) is 2. The van der Waals surface area contributed by atoms with Gasteiger partial charge < -0.3 is 15.4 Å². The van der Waals surface area contributed by atoms with E-state index < -0.39 is 15.9 Å². The Bertz CT molecular complexity index is 1290. The Hall–Kier alpha value is -3.85. The molecule has 35 heavy (non-hydrogen) atoms. The molecule has 3 aromatic carbocycles. The van der Waals surface area contributed by atoms with Gasteiger partial charge in [-0.25, -0.2) is 8.42 Å². The van der Waals surface area contributed by atoms with Gasteiger partial charge in [0.15, 0.2) is 0 Å². The lowest BCUT2D eigenvalue weighted by Gasteiger charge is -2.20. The third kappa shape index (κ3) is 5.99. The summed E-state index contributed by atoms with van der Waals surface area (Å²) < 4.78 is 32.1. The molecule has 0 aliphatic rings. The van der Waals surface area contributed by atoms with Crippen LogP contribution < -0.4 is 19.7 Å². The number of hydrogen-bond acceptors (Lipinski definition) is 5. The summed E-state index contributed by atoms with van der Waals surface area (Å²) in [7, 11) is -0.841. The molecule has 3 rings (SSSR count). The highest BCUT2D eigenvalue weighted by Gasteiger charge is 2.22. The molecule has 0 bridgehead atoms. The highest BCUT2D eigenvalue weighted by atomic mass is 32.2. The van der Waals surface area contributed by atoms with E-state index in [1.165, 1.54) is 38.4 Å². The molecule has 2 N–H and O–H groups in total. The third-order valence-electron chi connectivity index (χ3n) is 5.62. The van der Waals surface area contributed by atoms with Crippen molar-refractivity contribution in [2.75, 3.05) is 23.8 Å². The van der Waals surface area contributed by atoms with Gasteiger partial charge in [0.05, 0.1) is 28.9 Å². The van der Waals surface area contributed by atoms with E-state index in [0.29, 0.717) is 28.3 Å². The zero-order valence-corrected chi connectivity index (χ0v) is 20.9. The molecule has 0 saturated carbocycles. The number of para-hydroxylation sites is 1. The van der Waals surface area contributed by atoms with Crippen LogP contribution in [0.2, 0.25) is 0 Å². The Morgan fingerprint density at radius 3 is 2.17 bits per heavy atom. The number of carbonyl (C=O) groups excluding carboxylic acids is 2. The predicted octanol–water partition coefficient (Wildman–Crippen LogP) is 4.30. The lowest BCUT2D eigenvalue weighted by molar-refractivity contribution is 0.0940. The van der Waals surface area contributed by atoms with Crippen molar-refractivity contribution in [2.24, 2.45) is 0 Å². The first kappa shape index (κ1) is 25.8. The van der Waals surface area contributed by atoms with E-state index in [-0.39, 0.29) is 16.8 Å². The van der Waals surface area contributed by atoms with Crippen molar-refractivity contribution in [1.29, 1.82) is 0 Å². The Kier molecular flexibility index (Phi) is 8.14. The molecule has 3 aromatic rings. The van der Waals surface area contributed by atoms with Crippen LogP contribution in [0.1, 0.15) is 41.0 Å². The lowest BCUT2D eigenvalue weighted by Crippen LogP contribution is -2.32. The molecule has 0 spiro atoms. The maximum absolute atomic E-state index is 13.0. The number of sulfonamides is 1. The number of nitrogens with one attached hydrogen (secondary N) is 2. The number of methoxy groups -OCH3 is 1. The molecule has 2 amide bonds. The van der Waals surface area contributed by atoms with Crippen LogP contribution in [0.5, 0.6) is 5.75 Å². The minimum Gasteiger partial charge on any atom is -0.497 e. The van der Waals surface area contributed by atoms with Gasteiger partial charge in [0.2, 0.25) is 0 Å². The van der Waals surface area contributed by atoms with Gasteiger partial charge in [-0.3, -0.25) is 13.9 Å². The van der Waals surface area contributed by atoms with Crippen molar-refractivity contribution >= 4 is 33.2 Å². The van der Waals surface area contributed by atoms with Gasteiger partial charge in [-0.15, -0.1) is 0 Å². The fourth-order valence-electron chi connectivity index (χ4n) is 3.26. The number of nitrogens with zero attached hydrogens (tertiary/aromatic N) is 1. The van der Waals surface area contributed by atoms with Gasteiger partial charge in [0.1, 0.15) is 5.75 Å². The number of ether oxygens (including phenoxy) is 1. The van der Waals surface area contributed by atoms with Crippen LogP contribution in [0.4, 0.5) is 11.4 Å². The van der Waals surface area contributed by atoms with Gasteiger partial charge >= 0.3 is 0 Å². The van der Waals surface area contributed by atoms with Gasteiger partial charge in [0.25, 0.3) is 21.8 Å². The maximum atomic E-state index is 13.0. The first-order valence-electron chi connectivity index (χ1n) is 11.1. The summed E-state index contributed by atoms with van der Waals surface area (Å²) in [6.45, 7) is 3.88. The van der Waals surface area contributed by atoms with Gasteiger partial charge in [-0.2, -0.15) is 0 Å². The maximum Gasteiger partial charge on any atom is 0.264 e. The van der Waals surface area contributed by atoms with Gasteiger partial charge in [-0.05, 0) is 74.0 Å². The summed E-state index contributed by atoms with van der Waals surface area (Å²) in [5.41, 5.74) is 1.47. The average molecular weight is 496 g/mol. The molecule has 0 saturated heterocycles. The van der Waals surface area contributed by atoms with Crippen molar-refractivity contribution in [2.45, 2.75) is 31.2 Å². The van der Waals surface area contributed by atoms with E-state index in [1.54, 1.807) is 48.5 Å². The van der Waals surface area contributed by atoms with Crippen LogP contribution in [-0.2, 0) is 10.0 Å². The van der Waals surface area contributed by atoms with Crippen LogP contribution in [-0.4, -0.2) is 40.4 Å². The number of anilines is 2. The van der Waals surface area contributed by atoms with Crippen LogP contribution in [0.25, 0.3) is 0 Å². The quantitative estimate of drug-likeness (QED) is 0.461. The second-order valence-electron chi connectivity index (χ2n) is 7.98. The monoisotopic (exact) mass is 495 g/mol. The molecular weight excluding hydrogens is 466 g/mol. The summed E-state index contributed by atoms with van der Waals surface area (Å²) in [6, 6.07) is 19.1. The van der Waals surface area contributed by atoms with Gasteiger partial charge in [-0.1, -0.05) is 19.1 Å². The summed E-state index contributed by atoms with van der Waals surface area (Å²) in [6.07, 6.45) is 0.787. The lowest BCUT2D eigenvalue weighted by atomic mass is 10.1. The summed E-state index contributed by atoms with van der Waals surface area (Å²) in [5, 5.41) is 5.66. The average Bonchev–Trinajstić information content (AvgIpc) is 2.88. The smallest absolute Gasteiger partial charge is 0.264 e. The third-order valence-corrected chi connectivity index (χ3v) is 7.42. The minimum atomic E-state index is -3.79. The first-order chi connectivity index (χ1) is 16.7. The highest BCUT2D eigenvalue weighted by Crippen LogP contribution is 2.24. The number of carbonyl (C=O) groups is 2. The second kappa shape index (κ2) is 11.1. The standard InChI is InChI=1S/C26H29N3O5S/c1-5-18(2)27-26(31)23-8-6-7-9-24(23)28-25(30)19-10-12-20(13-11-19)29(3)35(32,33)22-16-14-21(34-4)15-17-22/h6-18H,5H2,1-4H3,(H,27,31)(H,28,30)/t18-/m1/s1. The Morgan fingerprint density at radius 2 is 1.57 bits per heavy atom. The Labute approximate surface area is 206 Å². The first-order valence-corrected chi connectivity index (χ1v) is 12.6. The van der Waals surface area contributed by atoms with Crippen molar-refractivity contribution in [3.05, 3.63) is 83.9 Å². The van der Waals surface area contributed by atoms with E-state index >= 15 is 0 Å². The van der Waals surface area contributed by atoms with E-state index in [2.05, 4.69) is 10.6 Å². The van der Waals surface area contributed by atoms with Gasteiger partial charge in [0, 0.05) is 18.7 Å². The van der Waals surface area contributed by atoms with Crippen molar-refractivity contribution < 1.29 is 22.7 Å². The molecule has 184 valence electrons. The summed E-state index contributed by atoms with van der Waals surface area (Å²) in [5.74, 6) is -0.127. The van der Waals surface area contributed by atoms with Crippen molar-refractivity contribution in [3.63, 3.8) is 0 Å². The fourth-order valence-corrected chi connectivity index (χ4v) is 4.45. The fraction of sp³-hybridized carbons (Fsp3) is 0.231. The molecule has 0 unspecified atom stereocenters. The van der Waals surface area contributed by atoms with E-state index in [0.717, 1.165) is 10.7 Å². The largest absolute Gasteiger partial charge is 0.497 e. The normalized spacial score (nSPS) is 11.9. The van der Waals surface area contributed by atoms with Crippen LogP contribution in [0.3, 0.4) is 0 Å². The Balaban J connectivity index is 1.76. The van der Waals surface area contributed by atoms with Crippen LogP contribution in [0, 0.1) is 0 Å². The van der Waals surface area contributed by atoms with E-state index in [9.17, 15) is 18.0 Å². The molecule has 0 fully saturated rings. The molecule has 0 aromatic heterocycles. The topological polar surface area (TPSA) is 105 Å². The van der Waals surface area contributed by atoms with Crippen LogP contribution in [0.15, 0.2) is 77.7 Å². The molecule has 9 heteroatoms. The zero-order valence-electron chi connectivity index (χ0n) is 20.1. The predicted molar refractivity (Wildman–Crippen MR) is 137 cm³/mol. The molecule has 0 aliphatic carbocycles. The second-order valence-corrected chi connectivity index (χ2v) is 9.95. The van der Waals surface area contributed by atoms with E-state index in [1.807, 2.05) is 13.8 Å². The summed E-state index contributed by atoms with van der Waals surface area (Å²) in [4.78, 5) is 25.5. The number of rotatable bonds is 9. The van der Waals surface area contributed by atoms with Crippen molar-refractivity contribution in [1.82, 2.24) is 5.32 Å². The summed E-state index contributed by atoms with van der Waals surface area (Å²) >= 11 is 0. The minimum absolute atomic E-state index is 0.00462. The SMILES string of the molecule is CC[C@@H](C)NC(=O)c1ccccc1NC(=O)c1ccc(N(C)S(=O)(=O)c2ccc(OC)cc2)cc1. The molecule has 0 heterocycles. The number of amides is 2. The molecule has 8 nitrogen and oxygen atoms in total. The highest BCUT2D eigenvalue weighted by molar-refractivity contribution is 7.92.